The first-order chi connectivity index (χ1) is 9.35. The molecule has 0 rings (SSSR count). The van der Waals surface area contributed by atoms with Gasteiger partial charge in [-0.1, -0.05) is 64.3 Å². The molecule has 0 unspecified atom stereocenters. The highest BCUT2D eigenvalue weighted by Gasteiger charge is 2.07. The number of ether oxygens (including phenoxy) is 2. The molecule has 0 aromatic rings. The third kappa shape index (κ3) is 13.6. The van der Waals surface area contributed by atoms with E-state index in [0.29, 0.717) is 0 Å². The van der Waals surface area contributed by atoms with Crippen molar-refractivity contribution in [2.75, 3.05) is 13.2 Å². The van der Waals surface area contributed by atoms with Gasteiger partial charge in [0.15, 0.2) is 6.29 Å². The minimum absolute atomic E-state index is 0.0387. The monoisotopic (exact) mass is 268 g/mol. The van der Waals surface area contributed by atoms with E-state index in [1.807, 2.05) is 6.08 Å². The Morgan fingerprint density at radius 1 is 0.947 bits per heavy atom. The van der Waals surface area contributed by atoms with Crippen LogP contribution in [0.1, 0.15) is 65.2 Å². The fourth-order valence-electron chi connectivity index (χ4n) is 1.77. The van der Waals surface area contributed by atoms with E-state index in [2.05, 4.69) is 26.5 Å². The van der Waals surface area contributed by atoms with Gasteiger partial charge in [-0.3, -0.25) is 0 Å². The standard InChI is InChI=1S/C17H32O2/c1-4-7-10-11-14-17(18-15-12-8-5-2)19-16-13-9-6-3/h4,7,10,17H,1,5-6,8-9,11-16H2,2-3H3/b10-7+. The molecule has 0 bridgehead atoms. The summed E-state index contributed by atoms with van der Waals surface area (Å²) < 4.78 is 11.6. The van der Waals surface area contributed by atoms with Gasteiger partial charge < -0.3 is 9.47 Å². The SMILES string of the molecule is C=C/C=C/CCC(OCCCCC)OCCCCC. The zero-order valence-corrected chi connectivity index (χ0v) is 12.9. The average Bonchev–Trinajstić information content (AvgIpc) is 2.43. The molecule has 0 amide bonds. The summed E-state index contributed by atoms with van der Waals surface area (Å²) in [6, 6.07) is 0. The third-order valence-corrected chi connectivity index (χ3v) is 2.94. The summed E-state index contributed by atoms with van der Waals surface area (Å²) in [7, 11) is 0. The van der Waals surface area contributed by atoms with Crippen LogP contribution in [-0.4, -0.2) is 19.5 Å². The Morgan fingerprint density at radius 3 is 2.00 bits per heavy atom. The van der Waals surface area contributed by atoms with Crippen LogP contribution in [0.2, 0.25) is 0 Å². The summed E-state index contributed by atoms with van der Waals surface area (Å²) in [4.78, 5) is 0. The molecule has 0 aromatic carbocycles. The highest BCUT2D eigenvalue weighted by Crippen LogP contribution is 2.09. The molecule has 0 N–H and O–H groups in total. The molecule has 19 heavy (non-hydrogen) atoms. The highest BCUT2D eigenvalue weighted by atomic mass is 16.7. The molecule has 0 atom stereocenters. The lowest BCUT2D eigenvalue weighted by Gasteiger charge is -2.18. The van der Waals surface area contributed by atoms with Gasteiger partial charge in [0.25, 0.3) is 0 Å². The molecule has 2 heteroatoms. The van der Waals surface area contributed by atoms with Crippen LogP contribution in [0.25, 0.3) is 0 Å². The fraction of sp³-hybridized carbons (Fsp3) is 0.765. The van der Waals surface area contributed by atoms with Gasteiger partial charge >= 0.3 is 0 Å². The Bertz CT molecular complexity index is 199. The van der Waals surface area contributed by atoms with E-state index < -0.39 is 0 Å². The van der Waals surface area contributed by atoms with Crippen molar-refractivity contribution in [2.24, 2.45) is 0 Å². The lowest BCUT2D eigenvalue weighted by molar-refractivity contribution is -0.146. The molecule has 0 fully saturated rings. The van der Waals surface area contributed by atoms with Gasteiger partial charge in [-0.2, -0.15) is 0 Å². The number of unbranched alkanes of at least 4 members (excludes halogenated alkanes) is 4. The van der Waals surface area contributed by atoms with Crippen LogP contribution in [0.5, 0.6) is 0 Å². The van der Waals surface area contributed by atoms with Crippen LogP contribution in [-0.2, 0) is 9.47 Å². The fourth-order valence-corrected chi connectivity index (χ4v) is 1.77. The number of hydrogen-bond acceptors (Lipinski definition) is 2. The van der Waals surface area contributed by atoms with E-state index in [9.17, 15) is 0 Å². The molecule has 112 valence electrons. The summed E-state index contributed by atoms with van der Waals surface area (Å²) in [6.07, 6.45) is 15.0. The summed E-state index contributed by atoms with van der Waals surface area (Å²) in [5, 5.41) is 0. The van der Waals surface area contributed by atoms with Gasteiger partial charge in [0.2, 0.25) is 0 Å². The maximum Gasteiger partial charge on any atom is 0.157 e. The quantitative estimate of drug-likeness (QED) is 0.243. The number of hydrogen-bond donors (Lipinski definition) is 0. The summed E-state index contributed by atoms with van der Waals surface area (Å²) >= 11 is 0. The van der Waals surface area contributed by atoms with Crippen molar-refractivity contribution in [1.29, 1.82) is 0 Å². The molecule has 0 saturated heterocycles. The maximum atomic E-state index is 5.82. The van der Waals surface area contributed by atoms with Crippen molar-refractivity contribution in [3.63, 3.8) is 0 Å². The Hall–Kier alpha value is -0.600. The van der Waals surface area contributed by atoms with Gasteiger partial charge in [-0.25, -0.2) is 0 Å². The van der Waals surface area contributed by atoms with Crippen LogP contribution >= 0.6 is 0 Å². The van der Waals surface area contributed by atoms with Crippen molar-refractivity contribution < 1.29 is 9.47 Å². The Morgan fingerprint density at radius 2 is 1.53 bits per heavy atom. The molecule has 0 aliphatic heterocycles. The first kappa shape index (κ1) is 18.4. The van der Waals surface area contributed by atoms with Crippen LogP contribution in [0, 0.1) is 0 Å². The molecule has 2 nitrogen and oxygen atoms in total. The minimum Gasteiger partial charge on any atom is -0.353 e. The normalized spacial score (nSPS) is 11.5. The Labute approximate surface area is 119 Å². The maximum absolute atomic E-state index is 5.82. The number of allylic oxidation sites excluding steroid dienone is 3. The predicted molar refractivity (Wildman–Crippen MR) is 83.3 cm³/mol. The predicted octanol–water partition coefficient (Wildman–Crippen LogP) is 5.25. The number of rotatable bonds is 14. The highest BCUT2D eigenvalue weighted by molar-refractivity contribution is 4.96. The molecule has 0 radical (unpaired) electrons. The zero-order valence-electron chi connectivity index (χ0n) is 12.9. The lowest BCUT2D eigenvalue weighted by atomic mass is 10.2. The van der Waals surface area contributed by atoms with Crippen LogP contribution in [0.4, 0.5) is 0 Å². The zero-order chi connectivity index (χ0) is 14.2. The van der Waals surface area contributed by atoms with E-state index in [1.54, 1.807) is 6.08 Å². The van der Waals surface area contributed by atoms with Crippen LogP contribution < -0.4 is 0 Å². The van der Waals surface area contributed by atoms with Gasteiger partial charge in [-0.15, -0.1) is 0 Å². The lowest BCUT2D eigenvalue weighted by Crippen LogP contribution is -2.18. The van der Waals surface area contributed by atoms with Crippen molar-refractivity contribution in [2.45, 2.75) is 71.5 Å². The molecule has 0 saturated carbocycles. The minimum atomic E-state index is -0.0387. The van der Waals surface area contributed by atoms with Gasteiger partial charge in [0, 0.05) is 19.6 Å². The first-order valence-electron chi connectivity index (χ1n) is 7.85. The van der Waals surface area contributed by atoms with Crippen molar-refractivity contribution >= 4 is 0 Å². The Kier molecular flexibility index (Phi) is 15.0. The second-order valence-electron chi connectivity index (χ2n) is 4.83. The van der Waals surface area contributed by atoms with Crippen molar-refractivity contribution in [3.05, 3.63) is 24.8 Å². The molecule has 0 aromatic heterocycles. The van der Waals surface area contributed by atoms with E-state index in [-0.39, 0.29) is 6.29 Å². The average molecular weight is 268 g/mol. The Balaban J connectivity index is 3.78. The van der Waals surface area contributed by atoms with E-state index >= 15 is 0 Å². The van der Waals surface area contributed by atoms with Gasteiger partial charge in [0.05, 0.1) is 0 Å². The second-order valence-corrected chi connectivity index (χ2v) is 4.83. The molecule has 0 aliphatic carbocycles. The molecular formula is C17H32O2. The van der Waals surface area contributed by atoms with Gasteiger partial charge in [-0.05, 0) is 19.3 Å². The first-order valence-corrected chi connectivity index (χ1v) is 7.85. The van der Waals surface area contributed by atoms with Crippen molar-refractivity contribution in [1.82, 2.24) is 0 Å². The van der Waals surface area contributed by atoms with E-state index in [1.165, 1.54) is 25.7 Å². The van der Waals surface area contributed by atoms with Crippen LogP contribution in [0.15, 0.2) is 24.8 Å². The smallest absolute Gasteiger partial charge is 0.157 e. The second kappa shape index (κ2) is 15.5. The molecule has 0 heterocycles. The van der Waals surface area contributed by atoms with Crippen molar-refractivity contribution in [3.8, 4) is 0 Å². The van der Waals surface area contributed by atoms with E-state index in [0.717, 1.165) is 38.9 Å². The summed E-state index contributed by atoms with van der Waals surface area (Å²) in [5.41, 5.74) is 0. The topological polar surface area (TPSA) is 18.5 Å². The largest absolute Gasteiger partial charge is 0.353 e. The molecular weight excluding hydrogens is 236 g/mol. The van der Waals surface area contributed by atoms with Gasteiger partial charge in [0.1, 0.15) is 0 Å². The van der Waals surface area contributed by atoms with E-state index in [4.69, 9.17) is 9.47 Å². The molecule has 0 aliphatic rings. The summed E-state index contributed by atoms with van der Waals surface area (Å²) in [5.74, 6) is 0. The molecule has 0 spiro atoms. The summed E-state index contributed by atoms with van der Waals surface area (Å²) in [6.45, 7) is 9.72. The third-order valence-electron chi connectivity index (χ3n) is 2.94. The van der Waals surface area contributed by atoms with Crippen LogP contribution in [0.3, 0.4) is 0 Å².